The Bertz CT molecular complexity index is 1170. The van der Waals surface area contributed by atoms with E-state index in [2.05, 4.69) is 6.92 Å². The molecule has 0 heterocycles. The molecule has 0 spiro atoms. The predicted octanol–water partition coefficient (Wildman–Crippen LogP) is 9.50. The molecule has 0 radical (unpaired) electrons. The van der Waals surface area contributed by atoms with Gasteiger partial charge in [-0.1, -0.05) is 68.3 Å². The van der Waals surface area contributed by atoms with Gasteiger partial charge in [-0.25, -0.2) is 13.2 Å². The lowest BCUT2D eigenvalue weighted by molar-refractivity contribution is 0.365. The number of aryl methyl sites for hydroxylation is 1. The Kier molecular flexibility index (Phi) is 8.90. The molecular weight excluding hydrogens is 457 g/mol. The van der Waals surface area contributed by atoms with Crippen molar-refractivity contribution in [1.82, 2.24) is 0 Å². The largest absolute Gasteiger partial charge is 0.497 e. The van der Waals surface area contributed by atoms with Crippen LogP contribution in [-0.4, -0.2) is 7.11 Å². The van der Waals surface area contributed by atoms with Crippen molar-refractivity contribution in [1.29, 1.82) is 0 Å². The van der Waals surface area contributed by atoms with E-state index in [0.29, 0.717) is 33.9 Å². The van der Waals surface area contributed by atoms with Crippen LogP contribution in [0.4, 0.5) is 13.2 Å². The van der Waals surface area contributed by atoms with Crippen molar-refractivity contribution in [3.63, 3.8) is 0 Å². The maximum atomic E-state index is 15.1. The molecule has 0 aromatic heterocycles. The van der Waals surface area contributed by atoms with Crippen molar-refractivity contribution in [2.45, 2.75) is 64.2 Å². The smallest absolute Gasteiger partial charge is 0.166 e. The van der Waals surface area contributed by atoms with Gasteiger partial charge in [-0.3, -0.25) is 0 Å². The van der Waals surface area contributed by atoms with E-state index >= 15 is 8.78 Å². The Morgan fingerprint density at radius 1 is 0.861 bits per heavy atom. The molecule has 4 rings (SSSR count). The van der Waals surface area contributed by atoms with E-state index in [-0.39, 0.29) is 11.7 Å². The van der Waals surface area contributed by atoms with E-state index in [1.807, 2.05) is 36.4 Å². The van der Waals surface area contributed by atoms with Gasteiger partial charge in [-0.15, -0.1) is 0 Å². The second-order valence-corrected chi connectivity index (χ2v) is 9.84. The molecule has 0 atom stereocenters. The number of ether oxygens (including phenoxy) is 1. The molecule has 1 fully saturated rings. The van der Waals surface area contributed by atoms with Crippen molar-refractivity contribution >= 4 is 6.08 Å². The van der Waals surface area contributed by atoms with Gasteiger partial charge in [0.15, 0.2) is 11.6 Å². The summed E-state index contributed by atoms with van der Waals surface area (Å²) < 4.78 is 49.5. The van der Waals surface area contributed by atoms with E-state index in [0.717, 1.165) is 38.5 Å². The molecule has 0 bridgehead atoms. The zero-order valence-electron chi connectivity index (χ0n) is 21.2. The summed E-state index contributed by atoms with van der Waals surface area (Å²) in [6, 6.07) is 16.1. The highest BCUT2D eigenvalue weighted by Crippen LogP contribution is 2.39. The van der Waals surface area contributed by atoms with Crippen LogP contribution in [0, 0.1) is 23.4 Å². The van der Waals surface area contributed by atoms with Gasteiger partial charge in [0.2, 0.25) is 0 Å². The van der Waals surface area contributed by atoms with Crippen LogP contribution in [0.1, 0.15) is 74.5 Å². The SMILES string of the molecule is CCCCCc1ccc(-c2ccc(C3CCC(C=Cc4ccc(OC)cc4F)CC3)c(F)c2F)cc1. The number of allylic oxidation sites excluding steroid dienone is 1. The Labute approximate surface area is 213 Å². The number of methoxy groups -OCH3 is 1. The van der Waals surface area contributed by atoms with E-state index in [1.54, 1.807) is 24.3 Å². The van der Waals surface area contributed by atoms with Gasteiger partial charge in [-0.2, -0.15) is 0 Å². The molecule has 1 saturated carbocycles. The monoisotopic (exact) mass is 492 g/mol. The lowest BCUT2D eigenvalue weighted by Crippen LogP contribution is -2.13. The average Bonchev–Trinajstić information content (AvgIpc) is 2.90. The Balaban J connectivity index is 1.39. The zero-order chi connectivity index (χ0) is 25.5. The predicted molar refractivity (Wildman–Crippen MR) is 142 cm³/mol. The summed E-state index contributed by atoms with van der Waals surface area (Å²) in [5.41, 5.74) is 3.24. The van der Waals surface area contributed by atoms with Gasteiger partial charge in [-0.05, 0) is 79.2 Å². The first kappa shape index (κ1) is 26.1. The quantitative estimate of drug-likeness (QED) is 0.270. The molecule has 1 aliphatic carbocycles. The summed E-state index contributed by atoms with van der Waals surface area (Å²) in [6.45, 7) is 2.18. The Morgan fingerprint density at radius 2 is 1.61 bits per heavy atom. The lowest BCUT2D eigenvalue weighted by atomic mass is 9.78. The molecule has 1 nitrogen and oxygen atoms in total. The lowest BCUT2D eigenvalue weighted by Gasteiger charge is -2.27. The average molecular weight is 493 g/mol. The highest BCUT2D eigenvalue weighted by molar-refractivity contribution is 5.65. The number of hydrogen-bond acceptors (Lipinski definition) is 1. The van der Waals surface area contributed by atoms with Crippen LogP contribution >= 0.6 is 0 Å². The molecule has 0 amide bonds. The second-order valence-electron chi connectivity index (χ2n) is 9.84. The van der Waals surface area contributed by atoms with Crippen LogP contribution in [0.15, 0.2) is 60.7 Å². The van der Waals surface area contributed by atoms with Gasteiger partial charge in [0, 0.05) is 17.2 Å². The van der Waals surface area contributed by atoms with E-state index < -0.39 is 11.6 Å². The van der Waals surface area contributed by atoms with Gasteiger partial charge in [0.05, 0.1) is 7.11 Å². The summed E-state index contributed by atoms with van der Waals surface area (Å²) in [6.07, 6.45) is 11.7. The molecule has 4 heteroatoms. The van der Waals surface area contributed by atoms with Crippen molar-refractivity contribution in [3.05, 3.63) is 94.8 Å². The van der Waals surface area contributed by atoms with Crippen LogP contribution in [0.5, 0.6) is 5.75 Å². The third-order valence-electron chi connectivity index (χ3n) is 7.41. The second kappa shape index (κ2) is 12.3. The minimum atomic E-state index is -0.761. The summed E-state index contributed by atoms with van der Waals surface area (Å²) >= 11 is 0. The first-order chi connectivity index (χ1) is 17.5. The van der Waals surface area contributed by atoms with E-state index in [1.165, 1.54) is 31.6 Å². The molecule has 1 aliphatic rings. The molecule has 0 saturated heterocycles. The minimum absolute atomic E-state index is 0.00290. The molecule has 0 unspecified atom stereocenters. The van der Waals surface area contributed by atoms with Gasteiger partial charge in [0.25, 0.3) is 0 Å². The number of halogens is 3. The van der Waals surface area contributed by atoms with Gasteiger partial charge >= 0.3 is 0 Å². The standard InChI is InChI=1S/C32H35F3O/c1-3-4-5-6-22-7-12-24(13-8-22)28-19-20-29(32(35)31(28)34)25-14-9-23(10-15-25)11-16-26-17-18-27(36-2)21-30(26)33/h7-8,11-13,16-21,23,25H,3-6,9-10,14-15H2,1-2H3. The Hall–Kier alpha value is -3.01. The molecule has 3 aromatic carbocycles. The highest BCUT2D eigenvalue weighted by atomic mass is 19.2. The summed E-state index contributed by atoms with van der Waals surface area (Å²) in [5.74, 6) is -1.02. The number of benzene rings is 3. The third kappa shape index (κ3) is 6.21. The molecule has 0 N–H and O–H groups in total. The normalized spacial score (nSPS) is 18.0. The Morgan fingerprint density at radius 3 is 2.28 bits per heavy atom. The van der Waals surface area contributed by atoms with Gasteiger partial charge in [0.1, 0.15) is 11.6 Å². The number of rotatable bonds is 9. The summed E-state index contributed by atoms with van der Waals surface area (Å²) in [4.78, 5) is 0. The summed E-state index contributed by atoms with van der Waals surface area (Å²) in [5, 5.41) is 0. The third-order valence-corrected chi connectivity index (χ3v) is 7.41. The van der Waals surface area contributed by atoms with Crippen LogP contribution in [0.3, 0.4) is 0 Å². The van der Waals surface area contributed by atoms with Gasteiger partial charge < -0.3 is 4.74 Å². The topological polar surface area (TPSA) is 9.23 Å². The maximum Gasteiger partial charge on any atom is 0.166 e. The molecule has 0 aliphatic heterocycles. The molecule has 3 aromatic rings. The van der Waals surface area contributed by atoms with Crippen molar-refractivity contribution in [2.24, 2.45) is 5.92 Å². The van der Waals surface area contributed by atoms with Crippen LogP contribution < -0.4 is 4.74 Å². The number of hydrogen-bond donors (Lipinski definition) is 0. The van der Waals surface area contributed by atoms with Crippen molar-refractivity contribution in [3.8, 4) is 16.9 Å². The molecule has 190 valence electrons. The minimum Gasteiger partial charge on any atom is -0.497 e. The fourth-order valence-electron chi connectivity index (χ4n) is 5.17. The highest BCUT2D eigenvalue weighted by Gasteiger charge is 2.25. The summed E-state index contributed by atoms with van der Waals surface area (Å²) in [7, 11) is 1.51. The van der Waals surface area contributed by atoms with Crippen LogP contribution in [0.2, 0.25) is 0 Å². The van der Waals surface area contributed by atoms with E-state index in [9.17, 15) is 4.39 Å². The molecule has 36 heavy (non-hydrogen) atoms. The van der Waals surface area contributed by atoms with E-state index in [4.69, 9.17) is 4.74 Å². The van der Waals surface area contributed by atoms with Crippen LogP contribution in [-0.2, 0) is 6.42 Å². The zero-order valence-corrected chi connectivity index (χ0v) is 21.2. The van der Waals surface area contributed by atoms with Crippen molar-refractivity contribution in [2.75, 3.05) is 7.11 Å². The van der Waals surface area contributed by atoms with Crippen molar-refractivity contribution < 1.29 is 17.9 Å². The van der Waals surface area contributed by atoms with Crippen LogP contribution in [0.25, 0.3) is 17.2 Å². The first-order valence-electron chi connectivity index (χ1n) is 13.1. The number of unbranched alkanes of at least 4 members (excludes halogenated alkanes) is 2. The maximum absolute atomic E-state index is 15.1. The first-order valence-corrected chi connectivity index (χ1v) is 13.1. The fraction of sp³-hybridized carbons (Fsp3) is 0.375. The molecular formula is C32H35F3O. The fourth-order valence-corrected chi connectivity index (χ4v) is 5.17.